The maximum Gasteiger partial charge on any atom is 0.405 e. The highest BCUT2D eigenvalue weighted by Crippen LogP contribution is 2.49. The Morgan fingerprint density at radius 1 is 1.16 bits per heavy atom. The number of hydrogen-bond donors (Lipinski definition) is 1. The number of nitrogens with zero attached hydrogens (tertiary/aromatic N) is 3. The van der Waals surface area contributed by atoms with Gasteiger partial charge in [0.05, 0.1) is 13.2 Å². The third kappa shape index (κ3) is 3.75. The molecule has 1 aromatic heterocycles. The lowest BCUT2D eigenvalue weighted by molar-refractivity contribution is -0.188. The van der Waals surface area contributed by atoms with Crippen LogP contribution in [0.1, 0.15) is 21.5 Å². The van der Waals surface area contributed by atoms with Gasteiger partial charge in [0, 0.05) is 36.6 Å². The summed E-state index contributed by atoms with van der Waals surface area (Å²) in [6.45, 7) is 1.62. The number of rotatable bonds is 3. The van der Waals surface area contributed by atoms with Gasteiger partial charge in [-0.2, -0.15) is 13.2 Å². The molecule has 6 nitrogen and oxygen atoms in total. The van der Waals surface area contributed by atoms with Crippen LogP contribution in [0.2, 0.25) is 0 Å². The molecule has 1 fully saturated rings. The maximum absolute atomic E-state index is 15.4. The van der Waals surface area contributed by atoms with E-state index in [1.807, 2.05) is 0 Å². The zero-order chi connectivity index (χ0) is 22.9. The highest BCUT2D eigenvalue weighted by Gasteiger charge is 2.60. The average Bonchev–Trinajstić information content (AvgIpc) is 2.79. The van der Waals surface area contributed by atoms with Gasteiger partial charge in [0.1, 0.15) is 11.6 Å². The summed E-state index contributed by atoms with van der Waals surface area (Å²) < 4.78 is 63.0. The number of allylic oxidation sites excluding steroid dienone is 4. The smallest absolute Gasteiger partial charge is 0.378 e. The maximum atomic E-state index is 15.4. The molecule has 0 radical (unpaired) electrons. The molecule has 1 amide bonds. The Hall–Kier alpha value is -3.27. The monoisotopic (exact) mass is 448 g/mol. The Balaban J connectivity index is 1.73. The summed E-state index contributed by atoms with van der Waals surface area (Å²) in [6, 6.07) is 6.47. The number of halogens is 4. The number of nitrogen functional groups attached to an aromatic ring is 1. The molecule has 4 rings (SSSR count). The second-order valence-electron chi connectivity index (χ2n) is 7.50. The van der Waals surface area contributed by atoms with E-state index in [9.17, 15) is 18.0 Å². The number of alkyl halides is 4. The Morgan fingerprint density at radius 3 is 2.44 bits per heavy atom. The van der Waals surface area contributed by atoms with Crippen LogP contribution in [-0.4, -0.2) is 59.4 Å². The van der Waals surface area contributed by atoms with E-state index in [2.05, 4.69) is 9.97 Å². The minimum atomic E-state index is -4.96. The highest BCUT2D eigenvalue weighted by molar-refractivity contribution is 6.00. The number of morpholine rings is 1. The first-order valence-electron chi connectivity index (χ1n) is 9.90. The molecule has 2 atom stereocenters. The first-order valence-corrected chi connectivity index (χ1v) is 9.90. The van der Waals surface area contributed by atoms with Crippen molar-refractivity contribution in [2.24, 2.45) is 0 Å². The standard InChI is InChI=1S/C22H20F4N4O2/c23-18-11-14(5-6-21(18,22(24,25)26)15-12-28-20(27)29-13-15)16-3-1-2-4-17(16)19(31)30-7-9-32-10-8-30/h1-6,11-13,18H,7-10H2,(H2,27,28,29). The molecule has 1 saturated heterocycles. The molecular weight excluding hydrogens is 428 g/mol. The van der Waals surface area contributed by atoms with Crippen LogP contribution < -0.4 is 5.73 Å². The van der Waals surface area contributed by atoms with Gasteiger partial charge in [-0.1, -0.05) is 30.4 Å². The zero-order valence-electron chi connectivity index (χ0n) is 16.8. The van der Waals surface area contributed by atoms with Crippen LogP contribution >= 0.6 is 0 Å². The molecule has 32 heavy (non-hydrogen) atoms. The van der Waals surface area contributed by atoms with Gasteiger partial charge in [-0.25, -0.2) is 14.4 Å². The molecule has 0 bridgehead atoms. The molecule has 1 aliphatic carbocycles. The van der Waals surface area contributed by atoms with Gasteiger partial charge in [-0.15, -0.1) is 0 Å². The number of benzene rings is 1. The van der Waals surface area contributed by atoms with Crippen LogP contribution in [0.5, 0.6) is 0 Å². The third-order valence-corrected chi connectivity index (χ3v) is 5.67. The Labute approximate surface area is 181 Å². The van der Waals surface area contributed by atoms with Crippen LogP contribution in [0.3, 0.4) is 0 Å². The summed E-state index contributed by atoms with van der Waals surface area (Å²) in [5.41, 5.74) is 2.77. The lowest BCUT2D eigenvalue weighted by atomic mass is 9.72. The Morgan fingerprint density at radius 2 is 1.81 bits per heavy atom. The van der Waals surface area contributed by atoms with Crippen LogP contribution in [0.4, 0.5) is 23.5 Å². The van der Waals surface area contributed by atoms with E-state index in [4.69, 9.17) is 10.5 Å². The second-order valence-corrected chi connectivity index (χ2v) is 7.50. The fourth-order valence-electron chi connectivity index (χ4n) is 3.92. The fraction of sp³-hybridized carbons (Fsp3) is 0.318. The first-order chi connectivity index (χ1) is 15.2. The van der Waals surface area contributed by atoms with Gasteiger partial charge in [0.2, 0.25) is 5.95 Å². The van der Waals surface area contributed by atoms with Crippen molar-refractivity contribution in [2.75, 3.05) is 32.0 Å². The zero-order valence-corrected chi connectivity index (χ0v) is 16.8. The predicted molar refractivity (Wildman–Crippen MR) is 109 cm³/mol. The number of carbonyl (C=O) groups is 1. The molecule has 2 aromatic rings. The number of amides is 1. The lowest BCUT2D eigenvalue weighted by Crippen LogP contribution is -2.49. The van der Waals surface area contributed by atoms with Gasteiger partial charge in [-0.05, 0) is 23.3 Å². The quantitative estimate of drug-likeness (QED) is 0.729. The van der Waals surface area contributed by atoms with Crippen molar-refractivity contribution >= 4 is 17.4 Å². The average molecular weight is 448 g/mol. The minimum absolute atomic E-state index is 0.186. The predicted octanol–water partition coefficient (Wildman–Crippen LogP) is 3.32. The topological polar surface area (TPSA) is 81.3 Å². The van der Waals surface area contributed by atoms with E-state index in [0.29, 0.717) is 31.9 Å². The van der Waals surface area contributed by atoms with Crippen LogP contribution in [-0.2, 0) is 10.2 Å². The van der Waals surface area contributed by atoms with Gasteiger partial charge in [-0.3, -0.25) is 4.79 Å². The van der Waals surface area contributed by atoms with Crippen molar-refractivity contribution in [1.82, 2.24) is 14.9 Å². The number of hydrogen-bond acceptors (Lipinski definition) is 5. The number of ether oxygens (including phenoxy) is 1. The summed E-state index contributed by atoms with van der Waals surface area (Å²) in [5, 5.41) is 0. The molecule has 1 aliphatic heterocycles. The number of carbonyl (C=O) groups excluding carboxylic acids is 1. The Kier molecular flexibility index (Phi) is 5.72. The molecule has 2 N–H and O–H groups in total. The normalized spacial score (nSPS) is 23.7. The lowest BCUT2D eigenvalue weighted by Gasteiger charge is -2.37. The molecular formula is C22H20F4N4O2. The molecule has 168 valence electrons. The van der Waals surface area contributed by atoms with Crippen LogP contribution in [0, 0.1) is 0 Å². The van der Waals surface area contributed by atoms with E-state index in [-0.39, 0.29) is 23.0 Å². The van der Waals surface area contributed by atoms with Gasteiger partial charge in [0.15, 0.2) is 0 Å². The van der Waals surface area contributed by atoms with Gasteiger partial charge >= 0.3 is 6.18 Å². The van der Waals surface area contributed by atoms with Crippen LogP contribution in [0.15, 0.2) is 54.9 Å². The van der Waals surface area contributed by atoms with E-state index in [1.54, 1.807) is 29.2 Å². The van der Waals surface area contributed by atoms with E-state index < -0.39 is 23.3 Å². The van der Waals surface area contributed by atoms with Crippen molar-refractivity contribution in [3.63, 3.8) is 0 Å². The number of aromatic nitrogens is 2. The molecule has 2 heterocycles. The van der Waals surface area contributed by atoms with Crippen molar-refractivity contribution in [3.8, 4) is 0 Å². The van der Waals surface area contributed by atoms with E-state index in [1.165, 1.54) is 6.08 Å². The molecule has 10 heteroatoms. The molecule has 1 aromatic carbocycles. The van der Waals surface area contributed by atoms with E-state index >= 15 is 4.39 Å². The fourth-order valence-corrected chi connectivity index (χ4v) is 3.92. The minimum Gasteiger partial charge on any atom is -0.378 e. The summed E-state index contributed by atoms with van der Waals surface area (Å²) in [5.74, 6) is -0.499. The summed E-state index contributed by atoms with van der Waals surface area (Å²) in [4.78, 5) is 21.8. The second kappa shape index (κ2) is 8.34. The van der Waals surface area contributed by atoms with Crippen molar-refractivity contribution < 1.29 is 27.1 Å². The SMILES string of the molecule is Nc1ncc(C2(C(F)(F)F)C=CC(c3ccccc3C(=O)N3CCOCC3)=CC2F)cn1. The van der Waals surface area contributed by atoms with Crippen LogP contribution in [0.25, 0.3) is 5.57 Å². The van der Waals surface area contributed by atoms with Crippen molar-refractivity contribution in [2.45, 2.75) is 17.8 Å². The Bertz CT molecular complexity index is 1060. The first kappa shape index (κ1) is 21.9. The largest absolute Gasteiger partial charge is 0.405 e. The highest BCUT2D eigenvalue weighted by atomic mass is 19.4. The van der Waals surface area contributed by atoms with Gasteiger partial charge in [0.25, 0.3) is 5.91 Å². The molecule has 2 aliphatic rings. The summed E-state index contributed by atoms with van der Waals surface area (Å²) in [7, 11) is 0. The summed E-state index contributed by atoms with van der Waals surface area (Å²) >= 11 is 0. The van der Waals surface area contributed by atoms with Crippen molar-refractivity contribution in [1.29, 1.82) is 0 Å². The summed E-state index contributed by atoms with van der Waals surface area (Å²) in [6.07, 6.45) is -2.85. The molecule has 0 saturated carbocycles. The third-order valence-electron chi connectivity index (χ3n) is 5.67. The molecule has 2 unspecified atom stereocenters. The molecule has 0 spiro atoms. The van der Waals surface area contributed by atoms with E-state index in [0.717, 1.165) is 24.5 Å². The van der Waals surface area contributed by atoms with Crippen molar-refractivity contribution in [3.05, 3.63) is 71.6 Å². The van der Waals surface area contributed by atoms with Gasteiger partial charge < -0.3 is 15.4 Å². The number of anilines is 1. The number of nitrogens with two attached hydrogens (primary N) is 1.